The number of benzene rings is 3. The second-order valence-electron chi connectivity index (χ2n) is 10.9. The smallest absolute Gasteiger partial charge is 0.348 e. The maximum Gasteiger partial charge on any atom is 0.348 e. The SMILES string of the molecule is CCOC(=O)Cn1c(N2CC(c3ccccc3)C(c3ccc(Cl)cc3)=N2)nn(Cc2ccc(CN3CCOCC3)cc2)c1=O. The van der Waals surface area contributed by atoms with E-state index in [2.05, 4.69) is 29.2 Å². The molecule has 0 aliphatic carbocycles. The highest BCUT2D eigenvalue weighted by molar-refractivity contribution is 6.30. The Morgan fingerprint density at radius 1 is 0.955 bits per heavy atom. The van der Waals surface area contributed by atoms with Gasteiger partial charge in [0.15, 0.2) is 0 Å². The van der Waals surface area contributed by atoms with Gasteiger partial charge < -0.3 is 9.47 Å². The molecule has 2 aliphatic heterocycles. The van der Waals surface area contributed by atoms with Crippen LogP contribution in [0.15, 0.2) is 88.8 Å². The summed E-state index contributed by atoms with van der Waals surface area (Å²) < 4.78 is 13.4. The summed E-state index contributed by atoms with van der Waals surface area (Å²) in [6.45, 7) is 6.59. The third-order valence-electron chi connectivity index (χ3n) is 7.85. The van der Waals surface area contributed by atoms with E-state index in [4.69, 9.17) is 31.3 Å². The van der Waals surface area contributed by atoms with E-state index in [-0.39, 0.29) is 31.6 Å². The van der Waals surface area contributed by atoms with E-state index in [0.29, 0.717) is 11.6 Å². The van der Waals surface area contributed by atoms with Crippen LogP contribution in [0.3, 0.4) is 0 Å². The van der Waals surface area contributed by atoms with Crippen molar-refractivity contribution in [2.45, 2.75) is 32.5 Å². The molecular weight excluding hydrogens is 580 g/mol. The lowest BCUT2D eigenvalue weighted by atomic mass is 9.91. The molecule has 228 valence electrons. The average Bonchev–Trinajstić information content (AvgIpc) is 3.61. The minimum absolute atomic E-state index is 0.0901. The summed E-state index contributed by atoms with van der Waals surface area (Å²) >= 11 is 6.18. The van der Waals surface area contributed by atoms with Crippen molar-refractivity contribution in [2.75, 3.05) is 44.5 Å². The summed E-state index contributed by atoms with van der Waals surface area (Å²) in [5, 5.41) is 12.0. The van der Waals surface area contributed by atoms with E-state index in [0.717, 1.165) is 55.3 Å². The first kappa shape index (κ1) is 29.8. The zero-order valence-corrected chi connectivity index (χ0v) is 25.4. The Hall–Kier alpha value is -4.25. The molecule has 10 nitrogen and oxygen atoms in total. The summed E-state index contributed by atoms with van der Waals surface area (Å²) in [4.78, 5) is 28.7. The van der Waals surface area contributed by atoms with Crippen LogP contribution >= 0.6 is 11.6 Å². The van der Waals surface area contributed by atoms with Gasteiger partial charge in [0.2, 0.25) is 5.95 Å². The van der Waals surface area contributed by atoms with E-state index in [1.54, 1.807) is 11.9 Å². The molecule has 3 aromatic carbocycles. The van der Waals surface area contributed by atoms with Crippen molar-refractivity contribution in [3.8, 4) is 0 Å². The molecule has 0 spiro atoms. The van der Waals surface area contributed by atoms with Gasteiger partial charge in [0.05, 0.1) is 38.6 Å². The Balaban J connectivity index is 1.31. The monoisotopic (exact) mass is 614 g/mol. The molecule has 3 heterocycles. The van der Waals surface area contributed by atoms with Gasteiger partial charge in [-0.1, -0.05) is 78.3 Å². The first-order valence-corrected chi connectivity index (χ1v) is 15.2. The minimum Gasteiger partial charge on any atom is -0.465 e. The second kappa shape index (κ2) is 13.6. The Morgan fingerprint density at radius 2 is 1.64 bits per heavy atom. The Bertz CT molecular complexity index is 1660. The van der Waals surface area contributed by atoms with Crippen molar-refractivity contribution >= 4 is 29.2 Å². The molecule has 2 aliphatic rings. The van der Waals surface area contributed by atoms with Crippen LogP contribution in [0.2, 0.25) is 5.02 Å². The molecule has 0 bridgehead atoms. The lowest BCUT2D eigenvalue weighted by Gasteiger charge is -2.26. The van der Waals surface area contributed by atoms with E-state index in [1.807, 2.05) is 54.6 Å². The Kier molecular flexibility index (Phi) is 9.20. The van der Waals surface area contributed by atoms with E-state index >= 15 is 0 Å². The Labute approximate surface area is 261 Å². The molecule has 6 rings (SSSR count). The number of esters is 1. The molecule has 1 unspecified atom stereocenters. The third-order valence-corrected chi connectivity index (χ3v) is 8.10. The predicted octanol–water partition coefficient (Wildman–Crippen LogP) is 4.15. The zero-order chi connectivity index (χ0) is 30.5. The minimum atomic E-state index is -0.511. The molecule has 0 saturated carbocycles. The molecular formula is C33H35ClN6O4. The fourth-order valence-corrected chi connectivity index (χ4v) is 5.72. The summed E-state index contributed by atoms with van der Waals surface area (Å²) in [6, 6.07) is 25.8. The van der Waals surface area contributed by atoms with Crippen molar-refractivity contribution in [3.05, 3.63) is 117 Å². The molecule has 4 aromatic rings. The van der Waals surface area contributed by atoms with Crippen molar-refractivity contribution in [3.63, 3.8) is 0 Å². The number of hydrazone groups is 1. The normalized spacial score (nSPS) is 17.1. The first-order chi connectivity index (χ1) is 21.5. The second-order valence-corrected chi connectivity index (χ2v) is 11.3. The van der Waals surface area contributed by atoms with Gasteiger partial charge in [-0.25, -0.2) is 19.1 Å². The van der Waals surface area contributed by atoms with Crippen LogP contribution in [0, 0.1) is 0 Å². The van der Waals surface area contributed by atoms with Gasteiger partial charge in [0, 0.05) is 30.6 Å². The molecule has 1 saturated heterocycles. The van der Waals surface area contributed by atoms with Crippen LogP contribution in [0.4, 0.5) is 5.95 Å². The highest BCUT2D eigenvalue weighted by atomic mass is 35.5. The standard InChI is InChI=1S/C33H35ClN6O4/c1-2-44-30(41)23-38-32(36-40(33(38)42)21-25-10-8-24(9-11-25)20-37-16-18-43-19-17-37)39-22-29(26-6-4-3-5-7-26)31(35-39)27-12-14-28(34)15-13-27/h3-15,29H,2,16-23H2,1H3. The third kappa shape index (κ3) is 6.77. The van der Waals surface area contributed by atoms with Gasteiger partial charge in [-0.2, -0.15) is 5.10 Å². The van der Waals surface area contributed by atoms with Gasteiger partial charge in [0.1, 0.15) is 6.54 Å². The largest absolute Gasteiger partial charge is 0.465 e. The van der Waals surface area contributed by atoms with Crippen LogP contribution < -0.4 is 10.7 Å². The van der Waals surface area contributed by atoms with Gasteiger partial charge in [-0.3, -0.25) is 9.69 Å². The number of morpholine rings is 1. The fraction of sp³-hybridized carbons (Fsp3) is 0.333. The van der Waals surface area contributed by atoms with Crippen molar-refractivity contribution in [2.24, 2.45) is 5.10 Å². The van der Waals surface area contributed by atoms with Crippen LogP contribution in [-0.2, 0) is 33.9 Å². The van der Waals surface area contributed by atoms with Crippen molar-refractivity contribution < 1.29 is 14.3 Å². The predicted molar refractivity (Wildman–Crippen MR) is 169 cm³/mol. The summed E-state index contributed by atoms with van der Waals surface area (Å²) in [5.74, 6) is -0.312. The molecule has 1 atom stereocenters. The van der Waals surface area contributed by atoms with Gasteiger partial charge in [0.25, 0.3) is 0 Å². The number of hydrogen-bond donors (Lipinski definition) is 0. The van der Waals surface area contributed by atoms with Crippen LogP contribution in [0.25, 0.3) is 0 Å². The average molecular weight is 615 g/mol. The molecule has 44 heavy (non-hydrogen) atoms. The van der Waals surface area contributed by atoms with E-state index in [1.165, 1.54) is 14.8 Å². The molecule has 0 radical (unpaired) electrons. The molecule has 0 N–H and O–H groups in total. The van der Waals surface area contributed by atoms with E-state index < -0.39 is 11.7 Å². The number of halogens is 1. The van der Waals surface area contributed by atoms with Crippen LogP contribution in [0.5, 0.6) is 0 Å². The van der Waals surface area contributed by atoms with Crippen molar-refractivity contribution in [1.82, 2.24) is 19.2 Å². The summed E-state index contributed by atoms with van der Waals surface area (Å²) in [7, 11) is 0. The Morgan fingerprint density at radius 3 is 2.32 bits per heavy atom. The van der Waals surface area contributed by atoms with Gasteiger partial charge in [-0.05, 0) is 41.3 Å². The van der Waals surface area contributed by atoms with Crippen LogP contribution in [0.1, 0.15) is 35.1 Å². The highest BCUT2D eigenvalue weighted by Crippen LogP contribution is 2.31. The molecule has 1 fully saturated rings. The molecule has 0 amide bonds. The maximum atomic E-state index is 13.7. The first-order valence-electron chi connectivity index (χ1n) is 14.9. The molecule has 11 heteroatoms. The van der Waals surface area contributed by atoms with Crippen LogP contribution in [-0.4, -0.2) is 70.4 Å². The number of anilines is 1. The van der Waals surface area contributed by atoms with E-state index in [9.17, 15) is 9.59 Å². The summed E-state index contributed by atoms with van der Waals surface area (Å²) in [6.07, 6.45) is 0. The number of rotatable bonds is 10. The van der Waals surface area contributed by atoms with Gasteiger partial charge in [-0.15, -0.1) is 5.10 Å². The fourth-order valence-electron chi connectivity index (χ4n) is 5.59. The number of carbonyl (C=O) groups excluding carboxylic acids is 1. The lowest BCUT2D eigenvalue weighted by molar-refractivity contribution is -0.143. The highest BCUT2D eigenvalue weighted by Gasteiger charge is 2.33. The van der Waals surface area contributed by atoms with Gasteiger partial charge >= 0.3 is 11.7 Å². The summed E-state index contributed by atoms with van der Waals surface area (Å²) in [5.41, 5.74) is 4.55. The topological polar surface area (TPSA) is 94.2 Å². The maximum absolute atomic E-state index is 13.7. The number of ether oxygens (including phenoxy) is 2. The quantitative estimate of drug-likeness (QED) is 0.248. The number of hydrogen-bond acceptors (Lipinski definition) is 8. The molecule has 1 aromatic heterocycles. The zero-order valence-electron chi connectivity index (χ0n) is 24.6. The lowest BCUT2D eigenvalue weighted by Crippen LogP contribution is -2.35. The number of carbonyl (C=O) groups is 1. The number of aromatic nitrogens is 3. The van der Waals surface area contributed by atoms with Crippen molar-refractivity contribution in [1.29, 1.82) is 0 Å². The number of nitrogens with zero attached hydrogens (tertiary/aromatic N) is 6.